The van der Waals surface area contributed by atoms with Gasteiger partial charge in [-0.2, -0.15) is 5.06 Å². The molecule has 2 aliphatic carbocycles. The highest BCUT2D eigenvalue weighted by molar-refractivity contribution is 7.90. The summed E-state index contributed by atoms with van der Waals surface area (Å²) in [5.41, 5.74) is -2.33. The minimum Gasteiger partial charge on any atom is -0.349 e. The number of nitrogens with zero attached hydrogens (tertiary/aromatic N) is 2. The van der Waals surface area contributed by atoms with Crippen molar-refractivity contribution in [3.05, 3.63) is 0 Å². The molecule has 0 aromatic carbocycles. The van der Waals surface area contributed by atoms with Crippen LogP contribution >= 0.6 is 0 Å². The molecule has 0 aromatic heterocycles. The first-order valence-corrected chi connectivity index (χ1v) is 16.5. The first kappa shape index (κ1) is 26.7. The number of hydroxylamine groups is 2. The van der Waals surface area contributed by atoms with Gasteiger partial charge in [0, 0.05) is 23.3 Å². The molecule has 40 heavy (non-hydrogen) atoms. The van der Waals surface area contributed by atoms with E-state index in [1.807, 2.05) is 32.8 Å². The first-order valence-electron chi connectivity index (χ1n) is 14.9. The van der Waals surface area contributed by atoms with Crippen LogP contribution in [0.3, 0.4) is 0 Å². The van der Waals surface area contributed by atoms with Crippen molar-refractivity contribution in [2.24, 2.45) is 22.7 Å². The van der Waals surface area contributed by atoms with E-state index >= 15 is 0 Å². The zero-order valence-electron chi connectivity index (χ0n) is 24.4. The predicted molar refractivity (Wildman–Crippen MR) is 139 cm³/mol. The van der Waals surface area contributed by atoms with Gasteiger partial charge in [-0.15, -0.1) is 0 Å². The summed E-state index contributed by atoms with van der Waals surface area (Å²) in [7, 11) is -3.71. The Hall–Kier alpha value is -0.860. The Morgan fingerprint density at radius 1 is 0.975 bits per heavy atom. The average molecular weight is 583 g/mol. The Bertz CT molecular complexity index is 1270. The Morgan fingerprint density at radius 2 is 1.70 bits per heavy atom. The number of amides is 1. The van der Waals surface area contributed by atoms with Gasteiger partial charge in [-0.25, -0.2) is 12.7 Å². The third-order valence-electron chi connectivity index (χ3n) is 11.9. The van der Waals surface area contributed by atoms with Crippen LogP contribution in [-0.4, -0.2) is 96.0 Å². The lowest BCUT2D eigenvalue weighted by molar-refractivity contribution is -0.326. The molecule has 224 valence electrons. The highest BCUT2D eigenvalue weighted by atomic mass is 32.2. The molecule has 0 aromatic rings. The molecular weight excluding hydrogens is 540 g/mol. The number of carbonyl (C=O) groups excluding carboxylic acids is 1. The summed E-state index contributed by atoms with van der Waals surface area (Å²) in [6.07, 6.45) is 0.497. The van der Waals surface area contributed by atoms with Crippen LogP contribution in [0, 0.1) is 22.7 Å². The normalized spacial score (nSPS) is 54.9. The molecule has 2 spiro atoms. The largest absolute Gasteiger partial charge is 0.349 e. The smallest absolute Gasteiger partial charge is 0.271 e. The maximum atomic E-state index is 14.5. The summed E-state index contributed by atoms with van der Waals surface area (Å²) in [5.74, 6) is -1.59. The van der Waals surface area contributed by atoms with Gasteiger partial charge in [0.15, 0.2) is 23.4 Å². The molecule has 6 saturated heterocycles. The third-order valence-corrected chi connectivity index (χ3v) is 13.8. The summed E-state index contributed by atoms with van der Waals surface area (Å²) in [4.78, 5) is 21.5. The molecular formula is C28H42N2O9S. The molecule has 5 bridgehead atoms. The molecule has 11 nitrogen and oxygen atoms in total. The van der Waals surface area contributed by atoms with Crippen LogP contribution in [-0.2, 0) is 43.3 Å². The second-order valence-electron chi connectivity index (χ2n) is 14.9. The number of ether oxygens (including phenoxy) is 5. The van der Waals surface area contributed by atoms with Crippen molar-refractivity contribution < 1.29 is 41.7 Å². The molecule has 11 atom stereocenters. The molecule has 8 rings (SSSR count). The summed E-state index contributed by atoms with van der Waals surface area (Å²) < 4.78 is 59.8. The van der Waals surface area contributed by atoms with Gasteiger partial charge in [0.25, 0.3) is 5.91 Å². The molecule has 0 N–H and O–H groups in total. The van der Waals surface area contributed by atoms with E-state index in [1.54, 1.807) is 0 Å². The summed E-state index contributed by atoms with van der Waals surface area (Å²) in [6.45, 7) is 14.3. The van der Waals surface area contributed by atoms with Crippen molar-refractivity contribution >= 4 is 15.9 Å². The monoisotopic (exact) mass is 582 g/mol. The van der Waals surface area contributed by atoms with Crippen LogP contribution in [0.5, 0.6) is 0 Å². The molecule has 8 aliphatic rings. The topological polar surface area (TPSA) is 113 Å². The summed E-state index contributed by atoms with van der Waals surface area (Å²) in [5, 5.41) is 1.85. The van der Waals surface area contributed by atoms with Crippen LogP contribution in [0.1, 0.15) is 74.1 Å². The van der Waals surface area contributed by atoms with E-state index in [9.17, 15) is 13.2 Å². The first-order chi connectivity index (χ1) is 18.6. The SMILES string of the molecule is CC(C)[C@H]1C[C@@]2(ON1[C@@H]1O[C@@H]([C@H]3COC(C)(C)O3)C3OC(C)(C)O[C@@H]31)C(=O)N1C3CC4CC[C@]3(CS1(=O)=O)C42C. The predicted octanol–water partition coefficient (Wildman–Crippen LogP) is 2.14. The van der Waals surface area contributed by atoms with Gasteiger partial charge >= 0.3 is 0 Å². The fourth-order valence-electron chi connectivity index (χ4n) is 10.2. The Morgan fingerprint density at radius 3 is 2.38 bits per heavy atom. The van der Waals surface area contributed by atoms with E-state index in [1.165, 1.54) is 4.31 Å². The quantitative estimate of drug-likeness (QED) is 0.491. The number of sulfonamides is 1. The van der Waals surface area contributed by atoms with Gasteiger partial charge in [0.1, 0.15) is 24.4 Å². The Labute approximate surface area is 236 Å². The van der Waals surface area contributed by atoms with Gasteiger partial charge in [-0.1, -0.05) is 20.8 Å². The number of hydrogen-bond donors (Lipinski definition) is 0. The zero-order chi connectivity index (χ0) is 28.4. The minimum atomic E-state index is -3.71. The van der Waals surface area contributed by atoms with Crippen LogP contribution in [0.4, 0.5) is 0 Å². The maximum absolute atomic E-state index is 14.5. The van der Waals surface area contributed by atoms with Gasteiger partial charge < -0.3 is 23.7 Å². The second-order valence-corrected chi connectivity index (χ2v) is 16.8. The van der Waals surface area contributed by atoms with Crippen molar-refractivity contribution in [3.8, 4) is 0 Å². The molecule has 0 radical (unpaired) electrons. The molecule has 4 unspecified atom stereocenters. The van der Waals surface area contributed by atoms with E-state index in [0.29, 0.717) is 13.0 Å². The third kappa shape index (κ3) is 2.95. The lowest BCUT2D eigenvalue weighted by Crippen LogP contribution is -2.68. The van der Waals surface area contributed by atoms with E-state index in [0.717, 1.165) is 19.3 Å². The van der Waals surface area contributed by atoms with Crippen LogP contribution in [0.2, 0.25) is 0 Å². The van der Waals surface area contributed by atoms with Crippen LogP contribution in [0.25, 0.3) is 0 Å². The fraction of sp³-hybridized carbons (Fsp3) is 0.964. The highest BCUT2D eigenvalue weighted by Gasteiger charge is 2.87. The highest BCUT2D eigenvalue weighted by Crippen LogP contribution is 2.78. The van der Waals surface area contributed by atoms with Crippen molar-refractivity contribution in [3.63, 3.8) is 0 Å². The van der Waals surface area contributed by atoms with Gasteiger partial charge in [-0.3, -0.25) is 9.63 Å². The molecule has 12 heteroatoms. The number of fused-ring (bicyclic) bond motifs is 1. The van der Waals surface area contributed by atoms with Crippen LogP contribution in [0.15, 0.2) is 0 Å². The standard InChI is InChI=1S/C28H42N2O9S/c1-14(2)16-11-28(23(31)30-18-10-15-8-9-27(18,26(15,28)7)13-40(30,32)33)39-29(16)22-21-20(37-25(5,6)38-21)19(35-22)17-12-34-24(3,4)36-17/h14-22H,8-13H2,1-7H3/t15?,16-,17-,18?,19+,20?,21+,22-,26?,27-,28-/m1/s1. The van der Waals surface area contributed by atoms with E-state index in [4.69, 9.17) is 28.5 Å². The van der Waals surface area contributed by atoms with Crippen molar-refractivity contribution in [1.82, 2.24) is 9.37 Å². The van der Waals surface area contributed by atoms with E-state index in [2.05, 4.69) is 20.8 Å². The number of carbonyl (C=O) groups is 1. The molecule has 8 fully saturated rings. The average Bonchev–Trinajstić information content (AvgIpc) is 3.65. The lowest BCUT2D eigenvalue weighted by Gasteiger charge is -2.53. The molecule has 6 heterocycles. The van der Waals surface area contributed by atoms with Crippen molar-refractivity contribution in [1.29, 1.82) is 0 Å². The Kier molecular flexibility index (Phi) is 5.09. The van der Waals surface area contributed by atoms with Crippen molar-refractivity contribution in [2.45, 2.75) is 134 Å². The summed E-state index contributed by atoms with van der Waals surface area (Å²) >= 11 is 0. The fourth-order valence-corrected chi connectivity index (χ4v) is 12.7. The van der Waals surface area contributed by atoms with E-state index in [-0.39, 0.29) is 35.8 Å². The number of piperidine rings is 1. The lowest BCUT2D eigenvalue weighted by atomic mass is 9.55. The molecule has 2 saturated carbocycles. The minimum absolute atomic E-state index is 0.0352. The van der Waals surface area contributed by atoms with Gasteiger partial charge in [-0.05, 0) is 58.8 Å². The maximum Gasteiger partial charge on any atom is 0.271 e. The van der Waals surface area contributed by atoms with E-state index < -0.39 is 68.5 Å². The molecule has 1 amide bonds. The van der Waals surface area contributed by atoms with Crippen molar-refractivity contribution in [2.75, 3.05) is 12.4 Å². The van der Waals surface area contributed by atoms with Gasteiger partial charge in [0.2, 0.25) is 10.0 Å². The number of rotatable bonds is 3. The summed E-state index contributed by atoms with van der Waals surface area (Å²) in [6, 6.07) is -0.438. The zero-order valence-corrected chi connectivity index (χ0v) is 25.2. The van der Waals surface area contributed by atoms with Gasteiger partial charge in [0.05, 0.1) is 18.4 Å². The number of hydrogen-bond acceptors (Lipinski definition) is 10. The van der Waals surface area contributed by atoms with Crippen LogP contribution < -0.4 is 0 Å². The molecule has 6 aliphatic heterocycles. The Balaban J connectivity index is 1.20. The second kappa shape index (κ2) is 7.61.